The first-order chi connectivity index (χ1) is 12.8. The minimum absolute atomic E-state index is 0.0224. The fourth-order valence-electron chi connectivity index (χ4n) is 2.65. The number of aryl methyl sites for hydroxylation is 1. The van der Waals surface area contributed by atoms with E-state index in [1.807, 2.05) is 12.1 Å². The van der Waals surface area contributed by atoms with Gasteiger partial charge in [0.25, 0.3) is 0 Å². The summed E-state index contributed by atoms with van der Waals surface area (Å²) in [6.45, 7) is 4.17. The predicted octanol–water partition coefficient (Wildman–Crippen LogP) is 3.65. The Bertz CT molecular complexity index is 912. The van der Waals surface area contributed by atoms with E-state index in [-0.39, 0.29) is 28.7 Å². The average Bonchev–Trinajstić information content (AvgIpc) is 2.62. The summed E-state index contributed by atoms with van der Waals surface area (Å²) < 4.78 is 26.5. The molecule has 0 aliphatic carbocycles. The molecule has 2 N–H and O–H groups in total. The van der Waals surface area contributed by atoms with Crippen molar-refractivity contribution in [2.45, 2.75) is 31.6 Å². The van der Waals surface area contributed by atoms with Crippen molar-refractivity contribution in [3.05, 3.63) is 53.1 Å². The van der Waals surface area contributed by atoms with Crippen LogP contribution in [0.5, 0.6) is 5.75 Å². The summed E-state index contributed by atoms with van der Waals surface area (Å²) in [6, 6.07) is 11.1. The van der Waals surface area contributed by atoms with Crippen LogP contribution in [0.15, 0.2) is 47.4 Å². The van der Waals surface area contributed by atoms with E-state index in [1.165, 1.54) is 22.5 Å². The standard InChI is InChI=1S/C19H23ClN2O4S/c1-3-22(4-2)27(25,26)16-9-10-18(23)17(13-16)21-19(24)11-8-14-6-5-7-15(20)12-14/h5-7,9-10,12-13,23H,3-4,8,11H2,1-2H3,(H,21,24). The van der Waals surface area contributed by atoms with Gasteiger partial charge in [-0.15, -0.1) is 0 Å². The van der Waals surface area contributed by atoms with Crippen LogP contribution in [0.3, 0.4) is 0 Å². The Morgan fingerprint density at radius 3 is 2.48 bits per heavy atom. The van der Waals surface area contributed by atoms with Crippen LogP contribution in [-0.4, -0.2) is 36.8 Å². The van der Waals surface area contributed by atoms with Gasteiger partial charge < -0.3 is 10.4 Å². The van der Waals surface area contributed by atoms with Gasteiger partial charge in [-0.2, -0.15) is 4.31 Å². The Labute approximate surface area is 164 Å². The van der Waals surface area contributed by atoms with Crippen molar-refractivity contribution in [1.29, 1.82) is 0 Å². The summed E-state index contributed by atoms with van der Waals surface area (Å²) in [5.74, 6) is -0.521. The maximum absolute atomic E-state index is 12.6. The molecule has 0 spiro atoms. The van der Waals surface area contributed by atoms with Crippen LogP contribution >= 0.6 is 11.6 Å². The predicted molar refractivity (Wildman–Crippen MR) is 107 cm³/mol. The highest BCUT2D eigenvalue weighted by Gasteiger charge is 2.23. The van der Waals surface area contributed by atoms with Crippen LogP contribution in [0.1, 0.15) is 25.8 Å². The first kappa shape index (κ1) is 21.2. The number of nitrogens with one attached hydrogen (secondary N) is 1. The molecule has 0 heterocycles. The number of nitrogens with zero attached hydrogens (tertiary/aromatic N) is 1. The van der Waals surface area contributed by atoms with Crippen LogP contribution < -0.4 is 5.32 Å². The van der Waals surface area contributed by atoms with Gasteiger partial charge in [0.2, 0.25) is 15.9 Å². The van der Waals surface area contributed by atoms with Gasteiger partial charge in [0, 0.05) is 24.5 Å². The van der Waals surface area contributed by atoms with Crippen LogP contribution in [0.25, 0.3) is 0 Å². The number of carbonyl (C=O) groups is 1. The number of hydrogen-bond acceptors (Lipinski definition) is 4. The molecule has 0 aliphatic heterocycles. The molecular formula is C19H23ClN2O4S. The van der Waals surface area contributed by atoms with Gasteiger partial charge in [-0.3, -0.25) is 4.79 Å². The van der Waals surface area contributed by atoms with Crippen molar-refractivity contribution in [1.82, 2.24) is 4.31 Å². The molecule has 0 fully saturated rings. The second-order valence-corrected chi connectivity index (χ2v) is 8.32. The zero-order valence-electron chi connectivity index (χ0n) is 15.3. The second kappa shape index (κ2) is 9.21. The van der Waals surface area contributed by atoms with E-state index >= 15 is 0 Å². The molecule has 27 heavy (non-hydrogen) atoms. The van der Waals surface area contributed by atoms with E-state index < -0.39 is 10.0 Å². The zero-order valence-corrected chi connectivity index (χ0v) is 16.8. The molecule has 8 heteroatoms. The first-order valence-electron chi connectivity index (χ1n) is 8.65. The molecule has 6 nitrogen and oxygen atoms in total. The van der Waals surface area contributed by atoms with Crippen LogP contribution in [0.2, 0.25) is 5.02 Å². The second-order valence-electron chi connectivity index (χ2n) is 5.95. The average molecular weight is 411 g/mol. The van der Waals surface area contributed by atoms with Gasteiger partial charge in [0.1, 0.15) is 5.75 Å². The third kappa shape index (κ3) is 5.45. The fraction of sp³-hybridized carbons (Fsp3) is 0.316. The Balaban J connectivity index is 2.13. The normalized spacial score (nSPS) is 11.6. The number of anilines is 1. The van der Waals surface area contributed by atoms with Gasteiger partial charge in [-0.25, -0.2) is 8.42 Å². The van der Waals surface area contributed by atoms with Gasteiger partial charge in [0.05, 0.1) is 10.6 Å². The highest BCUT2D eigenvalue weighted by molar-refractivity contribution is 7.89. The number of halogens is 1. The molecule has 0 bridgehead atoms. The minimum Gasteiger partial charge on any atom is -0.506 e. The Hall–Kier alpha value is -2.09. The number of phenolic OH excluding ortho intramolecular Hbond substituents is 1. The smallest absolute Gasteiger partial charge is 0.243 e. The van der Waals surface area contributed by atoms with Crippen LogP contribution in [0.4, 0.5) is 5.69 Å². The number of carbonyl (C=O) groups excluding carboxylic acids is 1. The van der Waals surface area contributed by atoms with E-state index in [0.29, 0.717) is 24.5 Å². The van der Waals surface area contributed by atoms with E-state index in [9.17, 15) is 18.3 Å². The number of benzene rings is 2. The molecule has 2 rings (SSSR count). The van der Waals surface area contributed by atoms with Crippen molar-refractivity contribution in [2.75, 3.05) is 18.4 Å². The van der Waals surface area contributed by atoms with E-state index in [0.717, 1.165) is 5.56 Å². The summed E-state index contributed by atoms with van der Waals surface area (Å²) in [4.78, 5) is 12.2. The lowest BCUT2D eigenvalue weighted by Gasteiger charge is -2.19. The van der Waals surface area contributed by atoms with Gasteiger partial charge >= 0.3 is 0 Å². The third-order valence-corrected chi connectivity index (χ3v) is 6.40. The maximum Gasteiger partial charge on any atom is 0.243 e. The summed E-state index contributed by atoms with van der Waals surface area (Å²) in [5.41, 5.74) is 0.985. The Morgan fingerprint density at radius 2 is 1.85 bits per heavy atom. The molecule has 0 unspecified atom stereocenters. The highest BCUT2D eigenvalue weighted by Crippen LogP contribution is 2.28. The molecule has 0 radical (unpaired) electrons. The monoisotopic (exact) mass is 410 g/mol. The lowest BCUT2D eigenvalue weighted by atomic mass is 10.1. The highest BCUT2D eigenvalue weighted by atomic mass is 35.5. The lowest BCUT2D eigenvalue weighted by Crippen LogP contribution is -2.30. The number of amides is 1. The van der Waals surface area contributed by atoms with E-state index in [1.54, 1.807) is 26.0 Å². The van der Waals surface area contributed by atoms with Crippen molar-refractivity contribution >= 4 is 33.2 Å². The zero-order chi connectivity index (χ0) is 20.0. The summed E-state index contributed by atoms with van der Waals surface area (Å²) in [7, 11) is -3.68. The topological polar surface area (TPSA) is 86.7 Å². The minimum atomic E-state index is -3.68. The van der Waals surface area contributed by atoms with E-state index in [2.05, 4.69) is 5.32 Å². The largest absolute Gasteiger partial charge is 0.506 e. The molecular weight excluding hydrogens is 388 g/mol. The third-order valence-electron chi connectivity index (χ3n) is 4.12. The van der Waals surface area contributed by atoms with Crippen molar-refractivity contribution in [3.8, 4) is 5.75 Å². The fourth-order valence-corrected chi connectivity index (χ4v) is 4.35. The molecule has 0 saturated heterocycles. The van der Waals surface area contributed by atoms with Crippen molar-refractivity contribution in [3.63, 3.8) is 0 Å². The van der Waals surface area contributed by atoms with Gasteiger partial charge in [-0.05, 0) is 42.3 Å². The number of hydrogen-bond donors (Lipinski definition) is 2. The molecule has 146 valence electrons. The maximum atomic E-state index is 12.6. The molecule has 1 amide bonds. The van der Waals surface area contributed by atoms with Crippen LogP contribution in [-0.2, 0) is 21.2 Å². The summed E-state index contributed by atoms with van der Waals surface area (Å²) in [5, 5.41) is 13.2. The summed E-state index contributed by atoms with van der Waals surface area (Å²) in [6.07, 6.45) is 0.650. The quantitative estimate of drug-likeness (QED) is 0.650. The molecule has 2 aromatic rings. The van der Waals surface area contributed by atoms with Crippen LogP contribution in [0, 0.1) is 0 Å². The lowest BCUT2D eigenvalue weighted by molar-refractivity contribution is -0.116. The summed E-state index contributed by atoms with van der Waals surface area (Å²) >= 11 is 5.93. The SMILES string of the molecule is CCN(CC)S(=O)(=O)c1ccc(O)c(NC(=O)CCc2cccc(Cl)c2)c1. The molecule has 0 atom stereocenters. The Kier molecular flexibility index (Phi) is 7.24. The van der Waals surface area contributed by atoms with Crippen molar-refractivity contribution in [2.24, 2.45) is 0 Å². The molecule has 0 saturated carbocycles. The molecule has 0 aromatic heterocycles. The number of phenols is 1. The van der Waals surface area contributed by atoms with Gasteiger partial charge in [0.15, 0.2) is 0 Å². The molecule has 0 aliphatic rings. The van der Waals surface area contributed by atoms with Gasteiger partial charge in [-0.1, -0.05) is 37.6 Å². The van der Waals surface area contributed by atoms with E-state index in [4.69, 9.17) is 11.6 Å². The number of sulfonamides is 1. The molecule has 2 aromatic carbocycles. The number of aromatic hydroxyl groups is 1. The first-order valence-corrected chi connectivity index (χ1v) is 10.5. The van der Waals surface area contributed by atoms with Crippen molar-refractivity contribution < 1.29 is 18.3 Å². The number of rotatable bonds is 8. The Morgan fingerprint density at radius 1 is 1.15 bits per heavy atom.